The van der Waals surface area contributed by atoms with Gasteiger partial charge < -0.3 is 14.4 Å². The molecular formula is C19H16ClN3O5. The van der Waals surface area contributed by atoms with Gasteiger partial charge in [0, 0.05) is 29.2 Å². The zero-order valence-electron chi connectivity index (χ0n) is 14.6. The Balaban J connectivity index is 1.35. The molecule has 0 spiro atoms. The van der Waals surface area contributed by atoms with Gasteiger partial charge in [0.15, 0.2) is 11.5 Å². The molecule has 2 aromatic carbocycles. The Bertz CT molecular complexity index is 964. The summed E-state index contributed by atoms with van der Waals surface area (Å²) in [6.07, 6.45) is 0.0538. The van der Waals surface area contributed by atoms with Crippen LogP contribution in [0.5, 0.6) is 11.5 Å². The monoisotopic (exact) mass is 401 g/mol. The molecule has 2 N–H and O–H groups in total. The van der Waals surface area contributed by atoms with E-state index in [0.29, 0.717) is 27.8 Å². The van der Waals surface area contributed by atoms with Crippen molar-refractivity contribution < 1.29 is 23.9 Å². The van der Waals surface area contributed by atoms with Gasteiger partial charge in [0.1, 0.15) is 0 Å². The zero-order chi connectivity index (χ0) is 19.7. The third-order valence-corrected chi connectivity index (χ3v) is 4.78. The van der Waals surface area contributed by atoms with Crippen LogP contribution in [0.2, 0.25) is 5.02 Å². The van der Waals surface area contributed by atoms with Crippen LogP contribution in [0.25, 0.3) is 0 Å². The molecule has 2 aliphatic heterocycles. The van der Waals surface area contributed by atoms with E-state index in [0.717, 1.165) is 0 Å². The molecule has 2 heterocycles. The second-order valence-corrected chi connectivity index (χ2v) is 6.83. The van der Waals surface area contributed by atoms with E-state index in [-0.39, 0.29) is 25.7 Å². The third kappa shape index (κ3) is 3.59. The van der Waals surface area contributed by atoms with E-state index >= 15 is 0 Å². The number of hydrogen-bond acceptors (Lipinski definition) is 5. The maximum atomic E-state index is 12.4. The fourth-order valence-electron chi connectivity index (χ4n) is 3.11. The average Bonchev–Trinajstić information content (AvgIpc) is 3.31. The van der Waals surface area contributed by atoms with Crippen LogP contribution in [0.3, 0.4) is 0 Å². The molecule has 1 saturated heterocycles. The molecule has 8 nitrogen and oxygen atoms in total. The summed E-state index contributed by atoms with van der Waals surface area (Å²) in [5.74, 6) is -0.661. The largest absolute Gasteiger partial charge is 0.454 e. The molecule has 9 heteroatoms. The molecule has 3 amide bonds. The van der Waals surface area contributed by atoms with Crippen molar-refractivity contribution in [2.24, 2.45) is 5.92 Å². The summed E-state index contributed by atoms with van der Waals surface area (Å²) < 4.78 is 10.4. The van der Waals surface area contributed by atoms with Crippen molar-refractivity contribution in [3.05, 3.63) is 53.1 Å². The predicted molar refractivity (Wildman–Crippen MR) is 100 cm³/mol. The minimum Gasteiger partial charge on any atom is -0.454 e. The number of amides is 3. The van der Waals surface area contributed by atoms with Gasteiger partial charge in [-0.3, -0.25) is 25.2 Å². The van der Waals surface area contributed by atoms with Gasteiger partial charge in [-0.05, 0) is 36.4 Å². The molecule has 0 bridgehead atoms. The van der Waals surface area contributed by atoms with Crippen molar-refractivity contribution in [1.29, 1.82) is 0 Å². The topological polar surface area (TPSA) is 97.0 Å². The molecule has 0 radical (unpaired) electrons. The van der Waals surface area contributed by atoms with Crippen molar-refractivity contribution in [3.63, 3.8) is 0 Å². The van der Waals surface area contributed by atoms with Crippen LogP contribution >= 0.6 is 11.6 Å². The van der Waals surface area contributed by atoms with Crippen LogP contribution in [-0.2, 0) is 9.59 Å². The van der Waals surface area contributed by atoms with Gasteiger partial charge in [0.05, 0.1) is 5.92 Å². The first-order chi connectivity index (χ1) is 13.5. The minimum atomic E-state index is -0.580. The molecular weight excluding hydrogens is 386 g/mol. The number of rotatable bonds is 3. The summed E-state index contributed by atoms with van der Waals surface area (Å²) in [6, 6.07) is 11.6. The first-order valence-electron chi connectivity index (χ1n) is 8.57. The Morgan fingerprint density at radius 3 is 2.71 bits per heavy atom. The predicted octanol–water partition coefficient (Wildman–Crippen LogP) is 1.88. The summed E-state index contributed by atoms with van der Waals surface area (Å²) in [4.78, 5) is 38.4. The molecule has 1 fully saturated rings. The number of nitrogens with one attached hydrogen (secondary N) is 2. The van der Waals surface area contributed by atoms with E-state index in [4.69, 9.17) is 21.1 Å². The van der Waals surface area contributed by atoms with E-state index in [9.17, 15) is 14.4 Å². The van der Waals surface area contributed by atoms with Crippen molar-refractivity contribution in [2.75, 3.05) is 18.2 Å². The van der Waals surface area contributed by atoms with Crippen LogP contribution < -0.4 is 25.2 Å². The lowest BCUT2D eigenvalue weighted by molar-refractivity contribution is -0.126. The van der Waals surface area contributed by atoms with Crippen LogP contribution in [0.1, 0.15) is 16.8 Å². The average molecular weight is 402 g/mol. The number of fused-ring (bicyclic) bond motifs is 1. The second kappa shape index (κ2) is 7.40. The fourth-order valence-corrected chi connectivity index (χ4v) is 3.29. The number of hydrazine groups is 1. The van der Waals surface area contributed by atoms with Crippen molar-refractivity contribution >= 4 is 35.0 Å². The van der Waals surface area contributed by atoms with E-state index in [1.165, 1.54) is 11.0 Å². The number of anilines is 1. The molecule has 2 aliphatic rings. The van der Waals surface area contributed by atoms with E-state index in [1.807, 2.05) is 0 Å². The highest BCUT2D eigenvalue weighted by atomic mass is 35.5. The summed E-state index contributed by atoms with van der Waals surface area (Å²) in [7, 11) is 0. The molecule has 2 aromatic rings. The Hall–Kier alpha value is -3.26. The number of hydrogen-bond donors (Lipinski definition) is 2. The van der Waals surface area contributed by atoms with E-state index < -0.39 is 17.7 Å². The van der Waals surface area contributed by atoms with Gasteiger partial charge in [-0.1, -0.05) is 17.7 Å². The van der Waals surface area contributed by atoms with Crippen molar-refractivity contribution in [2.45, 2.75) is 6.42 Å². The highest BCUT2D eigenvalue weighted by Gasteiger charge is 2.35. The minimum absolute atomic E-state index is 0.0538. The van der Waals surface area contributed by atoms with Crippen LogP contribution in [0.15, 0.2) is 42.5 Å². The lowest BCUT2D eigenvalue weighted by Crippen LogP contribution is -2.45. The van der Waals surface area contributed by atoms with Gasteiger partial charge in [0.2, 0.25) is 18.6 Å². The zero-order valence-corrected chi connectivity index (χ0v) is 15.4. The number of ether oxygens (including phenoxy) is 2. The highest BCUT2D eigenvalue weighted by molar-refractivity contribution is 6.31. The number of benzene rings is 2. The third-order valence-electron chi connectivity index (χ3n) is 4.55. The molecule has 0 saturated carbocycles. The Kier molecular flexibility index (Phi) is 4.79. The van der Waals surface area contributed by atoms with Crippen LogP contribution in [-0.4, -0.2) is 31.1 Å². The van der Waals surface area contributed by atoms with E-state index in [1.54, 1.807) is 36.4 Å². The number of carbonyl (C=O) groups is 3. The standard InChI is InChI=1S/C19H16ClN3O5/c20-13-2-1-3-14(8-13)23-9-12(7-17(23)24)19(26)22-21-18(25)11-4-5-15-16(6-11)28-10-27-15/h1-6,8,12H,7,9-10H2,(H,21,25)(H,22,26)/t12-/m0/s1. The Morgan fingerprint density at radius 1 is 1.07 bits per heavy atom. The van der Waals surface area contributed by atoms with Crippen molar-refractivity contribution in [3.8, 4) is 11.5 Å². The van der Waals surface area contributed by atoms with E-state index in [2.05, 4.69) is 10.9 Å². The molecule has 144 valence electrons. The normalized spacial score (nSPS) is 17.5. The summed E-state index contributed by atoms with van der Waals surface area (Å²) in [5.41, 5.74) is 5.69. The van der Waals surface area contributed by atoms with Crippen molar-refractivity contribution in [1.82, 2.24) is 10.9 Å². The first-order valence-corrected chi connectivity index (χ1v) is 8.95. The summed E-state index contributed by atoms with van der Waals surface area (Å²) in [5, 5.41) is 0.509. The second-order valence-electron chi connectivity index (χ2n) is 6.40. The number of carbonyl (C=O) groups excluding carboxylic acids is 3. The van der Waals surface area contributed by atoms with Crippen LogP contribution in [0.4, 0.5) is 5.69 Å². The molecule has 0 aliphatic carbocycles. The van der Waals surface area contributed by atoms with Gasteiger partial charge in [0.25, 0.3) is 5.91 Å². The van der Waals surface area contributed by atoms with Gasteiger partial charge in [-0.25, -0.2) is 0 Å². The van der Waals surface area contributed by atoms with Crippen LogP contribution in [0, 0.1) is 5.92 Å². The summed E-state index contributed by atoms with van der Waals surface area (Å²) in [6.45, 7) is 0.320. The smallest absolute Gasteiger partial charge is 0.269 e. The Labute approximate surface area is 165 Å². The summed E-state index contributed by atoms with van der Waals surface area (Å²) >= 11 is 5.97. The van der Waals surface area contributed by atoms with Gasteiger partial charge >= 0.3 is 0 Å². The lowest BCUT2D eigenvalue weighted by atomic mass is 10.1. The lowest BCUT2D eigenvalue weighted by Gasteiger charge is -2.17. The first kappa shape index (κ1) is 18.1. The maximum absolute atomic E-state index is 12.4. The number of nitrogens with zero attached hydrogens (tertiary/aromatic N) is 1. The van der Waals surface area contributed by atoms with Gasteiger partial charge in [-0.15, -0.1) is 0 Å². The fraction of sp³-hybridized carbons (Fsp3) is 0.211. The SMILES string of the molecule is O=C(NNC(=O)[C@H]1CC(=O)N(c2cccc(Cl)c2)C1)c1ccc2c(c1)OCO2. The molecule has 1 atom stereocenters. The number of halogens is 1. The highest BCUT2D eigenvalue weighted by Crippen LogP contribution is 2.32. The Morgan fingerprint density at radius 2 is 1.89 bits per heavy atom. The quantitative estimate of drug-likeness (QED) is 0.765. The maximum Gasteiger partial charge on any atom is 0.269 e. The van der Waals surface area contributed by atoms with Gasteiger partial charge in [-0.2, -0.15) is 0 Å². The molecule has 0 aromatic heterocycles. The molecule has 28 heavy (non-hydrogen) atoms. The molecule has 0 unspecified atom stereocenters. The molecule has 4 rings (SSSR count).